The summed E-state index contributed by atoms with van der Waals surface area (Å²) in [6.07, 6.45) is 3.23. The van der Waals surface area contributed by atoms with Crippen LogP contribution in [0.3, 0.4) is 0 Å². The summed E-state index contributed by atoms with van der Waals surface area (Å²) in [4.78, 5) is 24.7. The summed E-state index contributed by atoms with van der Waals surface area (Å²) in [5.74, 6) is -0.335. The van der Waals surface area contributed by atoms with Gasteiger partial charge in [-0.15, -0.1) is 0 Å². The molecular formula is C8H8N4O2. The molecule has 0 radical (unpaired) electrons. The molecule has 2 N–H and O–H groups in total. The Kier molecular flexibility index (Phi) is 2.02. The van der Waals surface area contributed by atoms with Gasteiger partial charge in [-0.25, -0.2) is 9.80 Å². The van der Waals surface area contributed by atoms with E-state index < -0.39 is 6.03 Å². The Morgan fingerprint density at radius 2 is 2.36 bits per heavy atom. The van der Waals surface area contributed by atoms with Crippen LogP contribution in [0.4, 0.5) is 4.79 Å². The molecule has 1 saturated heterocycles. The topological polar surface area (TPSA) is 77.6 Å². The van der Waals surface area contributed by atoms with Crippen LogP contribution in [0.15, 0.2) is 23.4 Å². The maximum atomic E-state index is 11.0. The number of nitrogens with one attached hydrogen (secondary N) is 2. The van der Waals surface area contributed by atoms with E-state index >= 15 is 0 Å². The molecule has 0 unspecified atom stereocenters. The van der Waals surface area contributed by atoms with Crippen LogP contribution in [0.2, 0.25) is 0 Å². The summed E-state index contributed by atoms with van der Waals surface area (Å²) in [5.41, 5.74) is 0.775. The summed E-state index contributed by atoms with van der Waals surface area (Å²) in [6.45, 7) is -0.0178. The number of hydrogen-bond donors (Lipinski definition) is 2. The second-order valence-electron chi connectivity index (χ2n) is 2.78. The third-order valence-corrected chi connectivity index (χ3v) is 1.73. The van der Waals surface area contributed by atoms with Crippen LogP contribution in [0.25, 0.3) is 0 Å². The van der Waals surface area contributed by atoms with Crippen LogP contribution in [0.1, 0.15) is 5.69 Å². The molecule has 3 amide bonds. The number of hydrogen-bond acceptors (Lipinski definition) is 3. The van der Waals surface area contributed by atoms with Crippen molar-refractivity contribution in [2.24, 2.45) is 5.10 Å². The van der Waals surface area contributed by atoms with E-state index in [1.807, 2.05) is 6.07 Å². The van der Waals surface area contributed by atoms with Crippen molar-refractivity contribution in [1.82, 2.24) is 15.3 Å². The minimum Gasteiger partial charge on any atom is -0.360 e. The second kappa shape index (κ2) is 3.33. The molecule has 0 spiro atoms. The lowest BCUT2D eigenvalue weighted by Crippen LogP contribution is -2.24. The fraction of sp³-hybridized carbons (Fsp3) is 0.125. The van der Waals surface area contributed by atoms with E-state index in [0.717, 1.165) is 10.7 Å². The van der Waals surface area contributed by atoms with E-state index in [2.05, 4.69) is 15.4 Å². The fourth-order valence-electron chi connectivity index (χ4n) is 1.08. The fourth-order valence-corrected chi connectivity index (χ4v) is 1.08. The number of aromatic nitrogens is 1. The number of rotatable bonds is 2. The SMILES string of the molecule is O=C1CN(/N=C\c2ccc[nH]2)C(=O)N1. The highest BCUT2D eigenvalue weighted by molar-refractivity contribution is 6.02. The Morgan fingerprint density at radius 3 is 2.93 bits per heavy atom. The molecule has 0 aromatic carbocycles. The lowest BCUT2D eigenvalue weighted by atomic mass is 10.5. The molecule has 0 bridgehead atoms. The first-order valence-electron chi connectivity index (χ1n) is 4.04. The van der Waals surface area contributed by atoms with Crippen molar-refractivity contribution in [3.8, 4) is 0 Å². The normalized spacial score (nSPS) is 16.7. The molecule has 0 atom stereocenters. The maximum Gasteiger partial charge on any atom is 0.344 e. The number of hydrazone groups is 1. The molecule has 1 aromatic rings. The Hall–Kier alpha value is -2.11. The number of aromatic amines is 1. The van der Waals surface area contributed by atoms with Crippen molar-refractivity contribution in [3.05, 3.63) is 24.0 Å². The predicted octanol–water partition coefficient (Wildman–Crippen LogP) is -0.0996. The molecule has 1 aromatic heterocycles. The van der Waals surface area contributed by atoms with Crippen molar-refractivity contribution < 1.29 is 9.59 Å². The zero-order valence-corrected chi connectivity index (χ0v) is 7.23. The van der Waals surface area contributed by atoms with E-state index in [0.29, 0.717) is 0 Å². The molecule has 14 heavy (non-hydrogen) atoms. The Balaban J connectivity index is 2.04. The first-order chi connectivity index (χ1) is 6.75. The van der Waals surface area contributed by atoms with Crippen molar-refractivity contribution in [2.75, 3.05) is 6.54 Å². The van der Waals surface area contributed by atoms with Crippen LogP contribution < -0.4 is 5.32 Å². The summed E-state index contributed by atoms with van der Waals surface area (Å²) >= 11 is 0. The van der Waals surface area contributed by atoms with E-state index in [9.17, 15) is 9.59 Å². The Morgan fingerprint density at radius 1 is 1.50 bits per heavy atom. The zero-order chi connectivity index (χ0) is 9.97. The smallest absolute Gasteiger partial charge is 0.344 e. The number of nitrogens with zero attached hydrogens (tertiary/aromatic N) is 2. The highest BCUT2D eigenvalue weighted by atomic mass is 16.2. The minimum atomic E-state index is -0.488. The van der Waals surface area contributed by atoms with Crippen molar-refractivity contribution in [3.63, 3.8) is 0 Å². The van der Waals surface area contributed by atoms with Crippen LogP contribution >= 0.6 is 0 Å². The van der Waals surface area contributed by atoms with Crippen LogP contribution in [-0.2, 0) is 4.79 Å². The lowest BCUT2D eigenvalue weighted by Gasteiger charge is -2.02. The van der Waals surface area contributed by atoms with Crippen LogP contribution in [0, 0.1) is 0 Å². The average molecular weight is 192 g/mol. The van der Waals surface area contributed by atoms with Gasteiger partial charge in [0.2, 0.25) is 5.91 Å². The van der Waals surface area contributed by atoms with Crippen LogP contribution in [-0.4, -0.2) is 34.7 Å². The molecule has 2 heterocycles. The van der Waals surface area contributed by atoms with E-state index in [-0.39, 0.29) is 12.5 Å². The number of carbonyl (C=O) groups excluding carboxylic acids is 2. The van der Waals surface area contributed by atoms with Gasteiger partial charge < -0.3 is 4.98 Å². The summed E-state index contributed by atoms with van der Waals surface area (Å²) in [6, 6.07) is 3.13. The number of amides is 3. The van der Waals surface area contributed by atoms with Gasteiger partial charge >= 0.3 is 6.03 Å². The van der Waals surface area contributed by atoms with Crippen molar-refractivity contribution >= 4 is 18.2 Å². The lowest BCUT2D eigenvalue weighted by molar-refractivity contribution is -0.118. The largest absolute Gasteiger partial charge is 0.360 e. The quantitative estimate of drug-likeness (QED) is 0.507. The van der Waals surface area contributed by atoms with Gasteiger partial charge in [-0.1, -0.05) is 0 Å². The molecule has 0 aliphatic carbocycles. The predicted molar refractivity (Wildman–Crippen MR) is 48.6 cm³/mol. The van der Waals surface area contributed by atoms with Gasteiger partial charge in [-0.3, -0.25) is 10.1 Å². The standard InChI is InChI=1S/C8H8N4O2/c13-7-5-12(8(14)11-7)10-4-6-2-1-3-9-6/h1-4,9H,5H2,(H,11,13,14)/b10-4-. The van der Waals surface area contributed by atoms with Gasteiger partial charge in [0.05, 0.1) is 11.9 Å². The Labute approximate surface area is 79.6 Å². The van der Waals surface area contributed by atoms with Gasteiger partial charge in [0, 0.05) is 6.20 Å². The highest BCUT2D eigenvalue weighted by Gasteiger charge is 2.25. The van der Waals surface area contributed by atoms with Gasteiger partial charge in [-0.05, 0) is 12.1 Å². The maximum absolute atomic E-state index is 11.0. The molecule has 6 heteroatoms. The van der Waals surface area contributed by atoms with Gasteiger partial charge in [0.1, 0.15) is 6.54 Å². The minimum absolute atomic E-state index is 0.0178. The first kappa shape index (κ1) is 8.49. The molecular weight excluding hydrogens is 184 g/mol. The van der Waals surface area contributed by atoms with Crippen molar-refractivity contribution in [1.29, 1.82) is 0 Å². The Bertz CT molecular complexity index is 382. The van der Waals surface area contributed by atoms with Gasteiger partial charge in [0.25, 0.3) is 0 Å². The number of H-pyrrole nitrogens is 1. The zero-order valence-electron chi connectivity index (χ0n) is 7.23. The van der Waals surface area contributed by atoms with Gasteiger partial charge in [0.15, 0.2) is 0 Å². The number of urea groups is 1. The van der Waals surface area contributed by atoms with Crippen LogP contribution in [0.5, 0.6) is 0 Å². The third-order valence-electron chi connectivity index (χ3n) is 1.73. The number of imide groups is 1. The summed E-state index contributed by atoms with van der Waals surface area (Å²) < 4.78 is 0. The van der Waals surface area contributed by atoms with Gasteiger partial charge in [-0.2, -0.15) is 5.10 Å². The third kappa shape index (κ3) is 1.63. The average Bonchev–Trinajstić information content (AvgIpc) is 2.72. The molecule has 1 fully saturated rings. The van der Waals surface area contributed by atoms with E-state index in [1.54, 1.807) is 12.3 Å². The second-order valence-corrected chi connectivity index (χ2v) is 2.78. The molecule has 2 rings (SSSR count). The highest BCUT2D eigenvalue weighted by Crippen LogP contribution is 1.99. The molecule has 1 aliphatic heterocycles. The summed E-state index contributed by atoms with van der Waals surface area (Å²) in [7, 11) is 0. The molecule has 6 nitrogen and oxygen atoms in total. The number of carbonyl (C=O) groups is 2. The van der Waals surface area contributed by atoms with E-state index in [4.69, 9.17) is 0 Å². The molecule has 0 saturated carbocycles. The monoisotopic (exact) mass is 192 g/mol. The molecule has 1 aliphatic rings. The first-order valence-corrected chi connectivity index (χ1v) is 4.04. The van der Waals surface area contributed by atoms with Crippen molar-refractivity contribution in [2.45, 2.75) is 0 Å². The summed E-state index contributed by atoms with van der Waals surface area (Å²) in [5, 5.41) is 7.03. The van der Waals surface area contributed by atoms with E-state index in [1.165, 1.54) is 6.21 Å². The molecule has 72 valence electrons.